The predicted molar refractivity (Wildman–Crippen MR) is 94.6 cm³/mol. The van der Waals surface area contributed by atoms with Crippen molar-refractivity contribution in [2.24, 2.45) is 5.10 Å². The smallest absolute Gasteiger partial charge is 0.406 e. The third kappa shape index (κ3) is 6.87. The summed E-state index contributed by atoms with van der Waals surface area (Å²) in [5.41, 5.74) is -3.09. The Labute approximate surface area is 171 Å². The molecule has 2 aromatic carbocycles. The van der Waals surface area contributed by atoms with Crippen LogP contribution in [0.3, 0.4) is 0 Å². The second-order valence-electron chi connectivity index (χ2n) is 5.71. The van der Waals surface area contributed by atoms with Gasteiger partial charge in [0.1, 0.15) is 11.5 Å². The predicted octanol–water partition coefficient (Wildman–Crippen LogP) is 3.70. The molecule has 0 unspecified atom stereocenters. The highest BCUT2D eigenvalue weighted by Crippen LogP contribution is 2.28. The molecule has 0 aliphatic carbocycles. The minimum Gasteiger partial charge on any atom is -0.406 e. The van der Waals surface area contributed by atoms with Gasteiger partial charge in [0.25, 0.3) is 0 Å². The lowest BCUT2D eigenvalue weighted by atomic mass is 10.0. The lowest BCUT2D eigenvalue weighted by Crippen LogP contribution is -2.28. The van der Waals surface area contributed by atoms with E-state index in [4.69, 9.17) is 0 Å². The molecule has 31 heavy (non-hydrogen) atoms. The molecular weight excluding hydrogens is 458 g/mol. The second kappa shape index (κ2) is 8.83. The average Bonchev–Trinajstić information content (AvgIpc) is 2.62. The first-order chi connectivity index (χ1) is 14.2. The molecule has 0 fully saturated rings. The zero-order chi connectivity index (χ0) is 23.4. The van der Waals surface area contributed by atoms with E-state index in [9.17, 15) is 39.6 Å². The van der Waals surface area contributed by atoms with Crippen LogP contribution in [0.25, 0.3) is 0 Å². The molecule has 0 radical (unpaired) electrons. The first-order valence-electron chi connectivity index (χ1n) is 7.99. The van der Waals surface area contributed by atoms with Gasteiger partial charge < -0.3 is 8.92 Å². The molecule has 1 amide bonds. The van der Waals surface area contributed by atoms with Gasteiger partial charge in [-0.2, -0.15) is 26.7 Å². The zero-order valence-corrected chi connectivity index (χ0v) is 16.1. The summed E-state index contributed by atoms with van der Waals surface area (Å²) in [7, 11) is -5.87. The highest BCUT2D eigenvalue weighted by atomic mass is 32.2. The van der Waals surface area contributed by atoms with E-state index < -0.39 is 39.4 Å². The molecule has 0 saturated carbocycles. The minimum atomic E-state index is -5.87. The maximum atomic E-state index is 12.4. The lowest BCUT2D eigenvalue weighted by molar-refractivity contribution is -0.274. The molecule has 0 aromatic heterocycles. The van der Waals surface area contributed by atoms with E-state index in [1.54, 1.807) is 0 Å². The number of hydrogen-bond donors (Lipinski definition) is 1. The van der Waals surface area contributed by atoms with Crippen LogP contribution in [0.1, 0.15) is 18.1 Å². The van der Waals surface area contributed by atoms with Gasteiger partial charge >= 0.3 is 22.0 Å². The van der Waals surface area contributed by atoms with Crippen LogP contribution in [0, 0.1) is 0 Å². The normalized spacial score (nSPS) is 12.9. The summed E-state index contributed by atoms with van der Waals surface area (Å²) < 4.78 is 104. The summed E-state index contributed by atoms with van der Waals surface area (Å²) >= 11 is 0. The van der Waals surface area contributed by atoms with Gasteiger partial charge in [-0.15, -0.1) is 13.2 Å². The van der Waals surface area contributed by atoms with E-state index in [0.717, 1.165) is 43.3 Å². The van der Waals surface area contributed by atoms with E-state index in [1.807, 2.05) is 0 Å². The molecule has 7 nitrogen and oxygen atoms in total. The van der Waals surface area contributed by atoms with E-state index in [-0.39, 0.29) is 16.8 Å². The fraction of sp³-hybridized carbons (Fsp3) is 0.176. The summed E-state index contributed by atoms with van der Waals surface area (Å²) in [5.74, 6) is -1.74. The van der Waals surface area contributed by atoms with Gasteiger partial charge in [-0.25, -0.2) is 5.43 Å². The number of alkyl halides is 6. The summed E-state index contributed by atoms with van der Waals surface area (Å²) in [6.07, 6.45) is -4.90. The van der Waals surface area contributed by atoms with Crippen molar-refractivity contribution in [3.05, 3.63) is 59.7 Å². The van der Waals surface area contributed by atoms with E-state index in [2.05, 4.69) is 19.4 Å². The summed E-state index contributed by atoms with van der Waals surface area (Å²) in [6.45, 7) is 1.14. The molecule has 2 aromatic rings. The van der Waals surface area contributed by atoms with Crippen molar-refractivity contribution in [1.29, 1.82) is 0 Å². The molecule has 0 spiro atoms. The van der Waals surface area contributed by atoms with Crippen LogP contribution in [-0.4, -0.2) is 31.9 Å². The van der Waals surface area contributed by atoms with Gasteiger partial charge in [-0.3, -0.25) is 4.79 Å². The quantitative estimate of drug-likeness (QED) is 0.229. The monoisotopic (exact) mass is 470 g/mol. The first-order valence-corrected chi connectivity index (χ1v) is 9.40. The van der Waals surface area contributed by atoms with Gasteiger partial charge in [-0.1, -0.05) is 0 Å². The largest absolute Gasteiger partial charge is 0.573 e. The molecule has 0 aliphatic rings. The lowest BCUT2D eigenvalue weighted by Gasteiger charge is -2.12. The Balaban J connectivity index is 2.35. The molecule has 2 rings (SSSR count). The molecule has 14 heteroatoms. The Kier molecular flexibility index (Phi) is 6.83. The van der Waals surface area contributed by atoms with Crippen molar-refractivity contribution in [2.45, 2.75) is 18.8 Å². The fourth-order valence-electron chi connectivity index (χ4n) is 2.09. The number of carbonyl (C=O) groups excluding carboxylic acids is 1. The van der Waals surface area contributed by atoms with Crippen molar-refractivity contribution in [1.82, 2.24) is 5.43 Å². The van der Waals surface area contributed by atoms with Crippen LogP contribution in [-0.2, 0) is 14.9 Å². The van der Waals surface area contributed by atoms with Crippen LogP contribution >= 0.6 is 0 Å². The van der Waals surface area contributed by atoms with Gasteiger partial charge in [-0.05, 0) is 48.5 Å². The first kappa shape index (κ1) is 24.0. The number of hydrogen-bond acceptors (Lipinski definition) is 6. The zero-order valence-electron chi connectivity index (χ0n) is 15.3. The molecule has 1 N–H and O–H groups in total. The SMILES string of the molecule is CC(=O)NN=C(c1ccc(OC(F)(F)F)cc1)c1ccc(OS(=O)(=O)C(F)(F)F)cc1. The highest BCUT2D eigenvalue weighted by Gasteiger charge is 2.48. The Morgan fingerprint density at radius 3 is 1.71 bits per heavy atom. The van der Waals surface area contributed by atoms with E-state index in [0.29, 0.717) is 0 Å². The van der Waals surface area contributed by atoms with Crippen LogP contribution in [0.4, 0.5) is 26.3 Å². The highest BCUT2D eigenvalue weighted by molar-refractivity contribution is 7.88. The van der Waals surface area contributed by atoms with Gasteiger partial charge in [0.2, 0.25) is 5.91 Å². The van der Waals surface area contributed by atoms with Crippen molar-refractivity contribution < 1.29 is 48.5 Å². The van der Waals surface area contributed by atoms with Gasteiger partial charge in [0.05, 0.1) is 5.71 Å². The number of nitrogens with zero attached hydrogens (tertiary/aromatic N) is 1. The van der Waals surface area contributed by atoms with Gasteiger partial charge in [0.15, 0.2) is 0 Å². The van der Waals surface area contributed by atoms with E-state index in [1.165, 1.54) is 12.1 Å². The number of hydrazone groups is 1. The summed E-state index contributed by atoms with van der Waals surface area (Å²) in [6, 6.07) is 8.45. The number of rotatable bonds is 6. The fourth-order valence-corrected chi connectivity index (χ4v) is 2.55. The summed E-state index contributed by atoms with van der Waals surface area (Å²) in [4.78, 5) is 11.2. The van der Waals surface area contributed by atoms with Crippen molar-refractivity contribution in [2.75, 3.05) is 0 Å². The third-order valence-corrected chi connectivity index (χ3v) is 4.28. The van der Waals surface area contributed by atoms with Crippen molar-refractivity contribution in [3.63, 3.8) is 0 Å². The maximum absolute atomic E-state index is 12.4. The molecule has 0 heterocycles. The topological polar surface area (TPSA) is 94.1 Å². The van der Waals surface area contributed by atoms with Crippen molar-refractivity contribution in [3.8, 4) is 11.5 Å². The van der Waals surface area contributed by atoms with Crippen LogP contribution in [0.5, 0.6) is 11.5 Å². The second-order valence-corrected chi connectivity index (χ2v) is 7.25. The Morgan fingerprint density at radius 2 is 1.32 bits per heavy atom. The molecule has 0 atom stereocenters. The van der Waals surface area contributed by atoms with Crippen LogP contribution < -0.4 is 14.3 Å². The van der Waals surface area contributed by atoms with Crippen LogP contribution in [0.15, 0.2) is 53.6 Å². The van der Waals surface area contributed by atoms with Crippen molar-refractivity contribution >= 4 is 21.7 Å². The number of halogens is 6. The Hall–Kier alpha value is -3.29. The molecule has 0 saturated heterocycles. The Bertz CT molecular complexity index is 1060. The van der Waals surface area contributed by atoms with Gasteiger partial charge in [0, 0.05) is 18.1 Å². The maximum Gasteiger partial charge on any atom is 0.573 e. The minimum absolute atomic E-state index is 0.0130. The third-order valence-electron chi connectivity index (χ3n) is 3.30. The van der Waals surface area contributed by atoms with E-state index >= 15 is 0 Å². The van der Waals surface area contributed by atoms with Crippen LogP contribution in [0.2, 0.25) is 0 Å². The standard InChI is InChI=1S/C17H12F6N2O5S/c1-10(26)24-25-15(11-2-6-13(7-3-11)29-16(18,19)20)12-4-8-14(9-5-12)30-31(27,28)17(21,22)23/h2-9H,1H3,(H,24,26). The molecular formula is C17H12F6N2O5S. The number of benzene rings is 2. The molecule has 0 bridgehead atoms. The number of amides is 1. The number of ether oxygens (including phenoxy) is 1. The molecule has 0 aliphatic heterocycles. The number of nitrogens with one attached hydrogen (secondary N) is 1. The number of carbonyl (C=O) groups is 1. The summed E-state index contributed by atoms with van der Waals surface area (Å²) in [5, 5.41) is 3.83. The average molecular weight is 470 g/mol. The molecule has 168 valence electrons. The Morgan fingerprint density at radius 1 is 0.871 bits per heavy atom.